The predicted molar refractivity (Wildman–Crippen MR) is 95.4 cm³/mol. The Hall–Kier alpha value is -2.21. The highest BCUT2D eigenvalue weighted by molar-refractivity contribution is 7.92. The minimum Gasteiger partial charge on any atom is -0.497 e. The lowest BCUT2D eigenvalue weighted by Gasteiger charge is -2.28. The summed E-state index contributed by atoms with van der Waals surface area (Å²) < 4.78 is 38.0. The molecule has 24 heavy (non-hydrogen) atoms. The maximum atomic E-state index is 13.1. The van der Waals surface area contributed by atoms with Crippen LogP contribution in [0.25, 0.3) is 0 Å². The number of benzene rings is 2. The summed E-state index contributed by atoms with van der Waals surface area (Å²) in [4.78, 5) is 0.232. The fourth-order valence-electron chi connectivity index (χ4n) is 2.43. The molecular formula is C18H23NO4S. The van der Waals surface area contributed by atoms with Crippen LogP contribution in [0.3, 0.4) is 0 Å². The topological polar surface area (TPSA) is 55.8 Å². The van der Waals surface area contributed by atoms with E-state index in [1.807, 2.05) is 20.8 Å². The fraction of sp³-hybridized carbons (Fsp3) is 0.333. The molecule has 0 aromatic heterocycles. The van der Waals surface area contributed by atoms with Crippen LogP contribution >= 0.6 is 0 Å². The maximum absolute atomic E-state index is 13.1. The second-order valence-corrected chi connectivity index (χ2v) is 7.31. The second-order valence-electron chi connectivity index (χ2n) is 5.50. The number of methoxy groups -OCH3 is 1. The van der Waals surface area contributed by atoms with Crippen molar-refractivity contribution < 1.29 is 17.9 Å². The van der Waals surface area contributed by atoms with Gasteiger partial charge in [-0.2, -0.15) is 0 Å². The number of anilines is 1. The van der Waals surface area contributed by atoms with Crippen LogP contribution in [0.15, 0.2) is 53.4 Å². The zero-order chi connectivity index (χ0) is 17.7. The predicted octanol–water partition coefficient (Wildman–Crippen LogP) is 3.70. The summed E-state index contributed by atoms with van der Waals surface area (Å²) in [6, 6.07) is 13.2. The number of rotatable bonds is 7. The zero-order valence-electron chi connectivity index (χ0n) is 14.4. The molecule has 6 heteroatoms. The van der Waals surface area contributed by atoms with Crippen molar-refractivity contribution in [3.05, 3.63) is 48.5 Å². The Morgan fingerprint density at radius 2 is 1.50 bits per heavy atom. The van der Waals surface area contributed by atoms with Crippen molar-refractivity contribution in [1.29, 1.82) is 0 Å². The van der Waals surface area contributed by atoms with Crippen molar-refractivity contribution in [3.8, 4) is 11.5 Å². The van der Waals surface area contributed by atoms with E-state index in [2.05, 4.69) is 0 Å². The van der Waals surface area contributed by atoms with Gasteiger partial charge in [-0.3, -0.25) is 4.31 Å². The molecule has 0 saturated heterocycles. The van der Waals surface area contributed by atoms with Gasteiger partial charge in [0.1, 0.15) is 11.5 Å². The smallest absolute Gasteiger partial charge is 0.264 e. The van der Waals surface area contributed by atoms with Crippen molar-refractivity contribution in [2.24, 2.45) is 0 Å². The third kappa shape index (κ3) is 3.82. The molecule has 0 aliphatic heterocycles. The molecule has 0 bridgehead atoms. The number of hydrogen-bond acceptors (Lipinski definition) is 4. The molecule has 0 spiro atoms. The number of hydrogen-bond donors (Lipinski definition) is 0. The average molecular weight is 349 g/mol. The van der Waals surface area contributed by atoms with Gasteiger partial charge in [-0.1, -0.05) is 0 Å². The molecule has 5 nitrogen and oxygen atoms in total. The van der Waals surface area contributed by atoms with E-state index in [1.165, 1.54) is 4.31 Å². The first-order valence-electron chi connectivity index (χ1n) is 7.81. The van der Waals surface area contributed by atoms with Crippen molar-refractivity contribution >= 4 is 15.7 Å². The summed E-state index contributed by atoms with van der Waals surface area (Å²) in [5, 5.41) is 0. The third-order valence-electron chi connectivity index (χ3n) is 3.49. The van der Waals surface area contributed by atoms with Crippen LogP contribution in [-0.2, 0) is 10.0 Å². The van der Waals surface area contributed by atoms with Crippen molar-refractivity contribution in [2.75, 3.05) is 18.0 Å². The Morgan fingerprint density at radius 3 is 1.96 bits per heavy atom. The van der Waals surface area contributed by atoms with E-state index < -0.39 is 10.0 Å². The highest BCUT2D eigenvalue weighted by atomic mass is 32.2. The van der Waals surface area contributed by atoms with Crippen molar-refractivity contribution in [1.82, 2.24) is 0 Å². The van der Waals surface area contributed by atoms with Gasteiger partial charge in [0, 0.05) is 6.04 Å². The largest absolute Gasteiger partial charge is 0.497 e. The SMILES string of the molecule is CCOc1ccc(S(=O)(=O)N(c2ccc(OC)cc2)C(C)C)cc1. The van der Waals surface area contributed by atoms with Gasteiger partial charge in [-0.15, -0.1) is 0 Å². The van der Waals surface area contributed by atoms with Gasteiger partial charge < -0.3 is 9.47 Å². The fourth-order valence-corrected chi connectivity index (χ4v) is 4.09. The molecule has 0 aliphatic carbocycles. The molecule has 0 heterocycles. The average Bonchev–Trinajstić information content (AvgIpc) is 2.56. The number of sulfonamides is 1. The first-order valence-corrected chi connectivity index (χ1v) is 9.25. The maximum Gasteiger partial charge on any atom is 0.264 e. The molecule has 0 N–H and O–H groups in total. The number of ether oxygens (including phenoxy) is 2. The summed E-state index contributed by atoms with van der Waals surface area (Å²) >= 11 is 0. The standard InChI is InChI=1S/C18H23NO4S/c1-5-23-17-10-12-18(13-11-17)24(20,21)19(14(2)3)15-6-8-16(22-4)9-7-15/h6-14H,5H2,1-4H3. The van der Waals surface area contributed by atoms with E-state index in [9.17, 15) is 8.42 Å². The molecule has 0 radical (unpaired) electrons. The normalized spacial score (nSPS) is 11.4. The van der Waals surface area contributed by atoms with Gasteiger partial charge in [0.2, 0.25) is 0 Å². The van der Waals surface area contributed by atoms with Crippen LogP contribution in [0.4, 0.5) is 5.69 Å². The minimum atomic E-state index is -3.67. The Labute approximate surface area is 143 Å². The molecule has 2 aromatic rings. The van der Waals surface area contributed by atoms with Crippen LogP contribution < -0.4 is 13.8 Å². The van der Waals surface area contributed by atoms with Crippen LogP contribution in [0.5, 0.6) is 11.5 Å². The van der Waals surface area contributed by atoms with Crippen LogP contribution in [0, 0.1) is 0 Å². The van der Waals surface area contributed by atoms with Gasteiger partial charge in [-0.05, 0) is 69.3 Å². The minimum absolute atomic E-state index is 0.227. The quantitative estimate of drug-likeness (QED) is 0.765. The van der Waals surface area contributed by atoms with E-state index in [-0.39, 0.29) is 10.9 Å². The van der Waals surface area contributed by atoms with E-state index in [4.69, 9.17) is 9.47 Å². The number of nitrogens with zero attached hydrogens (tertiary/aromatic N) is 1. The zero-order valence-corrected chi connectivity index (χ0v) is 15.2. The lowest BCUT2D eigenvalue weighted by molar-refractivity contribution is 0.340. The van der Waals surface area contributed by atoms with Gasteiger partial charge in [0.25, 0.3) is 10.0 Å². The molecule has 0 amide bonds. The summed E-state index contributed by atoms with van der Waals surface area (Å²) in [5.41, 5.74) is 0.597. The van der Waals surface area contributed by atoms with E-state index >= 15 is 0 Å². The summed E-state index contributed by atoms with van der Waals surface area (Å²) in [7, 11) is -2.09. The second kappa shape index (κ2) is 7.57. The molecule has 0 atom stereocenters. The van der Waals surface area contributed by atoms with Gasteiger partial charge in [-0.25, -0.2) is 8.42 Å². The third-order valence-corrected chi connectivity index (χ3v) is 5.51. The lowest BCUT2D eigenvalue weighted by atomic mass is 10.2. The first kappa shape index (κ1) is 18.1. The molecule has 0 fully saturated rings. The van der Waals surface area contributed by atoms with Crippen LogP contribution in [0.1, 0.15) is 20.8 Å². The molecule has 0 unspecified atom stereocenters. The van der Waals surface area contributed by atoms with Gasteiger partial charge in [0.05, 0.1) is 24.3 Å². The Morgan fingerprint density at radius 1 is 0.958 bits per heavy atom. The van der Waals surface area contributed by atoms with E-state index in [0.717, 1.165) is 0 Å². The summed E-state index contributed by atoms with van der Waals surface area (Å²) in [6.45, 7) is 6.11. The van der Waals surface area contributed by atoms with E-state index in [1.54, 1.807) is 55.6 Å². The molecule has 2 rings (SSSR count). The molecule has 0 saturated carbocycles. The highest BCUT2D eigenvalue weighted by Crippen LogP contribution is 2.28. The monoisotopic (exact) mass is 349 g/mol. The van der Waals surface area contributed by atoms with Crippen molar-refractivity contribution in [3.63, 3.8) is 0 Å². The lowest BCUT2D eigenvalue weighted by Crippen LogP contribution is -2.36. The van der Waals surface area contributed by atoms with Crippen molar-refractivity contribution in [2.45, 2.75) is 31.7 Å². The summed E-state index contributed by atoms with van der Waals surface area (Å²) in [6.07, 6.45) is 0. The molecular weight excluding hydrogens is 326 g/mol. The first-order chi connectivity index (χ1) is 11.4. The van der Waals surface area contributed by atoms with Crippen LogP contribution in [-0.4, -0.2) is 28.2 Å². The van der Waals surface area contributed by atoms with Gasteiger partial charge >= 0.3 is 0 Å². The van der Waals surface area contributed by atoms with Gasteiger partial charge in [0.15, 0.2) is 0 Å². The molecule has 0 aliphatic rings. The Bertz CT molecular complexity index is 753. The molecule has 2 aromatic carbocycles. The Balaban J connectivity index is 2.40. The van der Waals surface area contributed by atoms with E-state index in [0.29, 0.717) is 23.8 Å². The Kier molecular flexibility index (Phi) is 5.72. The summed E-state index contributed by atoms with van der Waals surface area (Å²) in [5.74, 6) is 1.33. The molecule has 130 valence electrons. The van der Waals surface area contributed by atoms with Crippen LogP contribution in [0.2, 0.25) is 0 Å². The highest BCUT2D eigenvalue weighted by Gasteiger charge is 2.27.